The Labute approximate surface area is 126 Å². The van der Waals surface area contributed by atoms with Crippen molar-refractivity contribution in [1.82, 2.24) is 0 Å². The van der Waals surface area contributed by atoms with E-state index in [2.05, 4.69) is 27.9 Å². The summed E-state index contributed by atoms with van der Waals surface area (Å²) in [5.74, 6) is -0.0325. The Morgan fingerprint density at radius 1 is 1.26 bits per heavy atom. The summed E-state index contributed by atoms with van der Waals surface area (Å²) in [6, 6.07) is 13.3. The lowest BCUT2D eigenvalue weighted by Crippen LogP contribution is -2.15. The number of aryl methyl sites for hydroxylation is 1. The SMILES string of the molecule is Cc1cc(I)ccc1NC(=O)Cc1cccc(N)c1. The van der Waals surface area contributed by atoms with Crippen LogP contribution in [-0.4, -0.2) is 5.91 Å². The highest BCUT2D eigenvalue weighted by atomic mass is 127. The molecule has 0 saturated carbocycles. The molecule has 3 nitrogen and oxygen atoms in total. The third-order valence-corrected chi connectivity index (χ3v) is 3.45. The van der Waals surface area contributed by atoms with Crippen LogP contribution in [0, 0.1) is 10.5 Å². The van der Waals surface area contributed by atoms with Gasteiger partial charge in [-0.1, -0.05) is 12.1 Å². The molecule has 0 unspecified atom stereocenters. The monoisotopic (exact) mass is 366 g/mol. The van der Waals surface area contributed by atoms with Crippen molar-refractivity contribution < 1.29 is 4.79 Å². The molecule has 98 valence electrons. The van der Waals surface area contributed by atoms with Gasteiger partial charge in [-0.15, -0.1) is 0 Å². The van der Waals surface area contributed by atoms with Crippen molar-refractivity contribution in [1.29, 1.82) is 0 Å². The van der Waals surface area contributed by atoms with Crippen LogP contribution in [0.4, 0.5) is 11.4 Å². The van der Waals surface area contributed by atoms with Gasteiger partial charge in [0.15, 0.2) is 0 Å². The third-order valence-electron chi connectivity index (χ3n) is 2.78. The van der Waals surface area contributed by atoms with Crippen molar-refractivity contribution in [2.75, 3.05) is 11.1 Å². The Kier molecular flexibility index (Phi) is 4.42. The van der Waals surface area contributed by atoms with Crippen molar-refractivity contribution in [3.63, 3.8) is 0 Å². The lowest BCUT2D eigenvalue weighted by molar-refractivity contribution is -0.115. The van der Waals surface area contributed by atoms with E-state index < -0.39 is 0 Å². The van der Waals surface area contributed by atoms with Gasteiger partial charge in [0.25, 0.3) is 0 Å². The van der Waals surface area contributed by atoms with E-state index in [4.69, 9.17) is 5.73 Å². The van der Waals surface area contributed by atoms with Crippen LogP contribution in [0.5, 0.6) is 0 Å². The van der Waals surface area contributed by atoms with Crippen molar-refractivity contribution in [2.45, 2.75) is 13.3 Å². The zero-order valence-corrected chi connectivity index (χ0v) is 12.8. The predicted molar refractivity (Wildman–Crippen MR) is 87.1 cm³/mol. The Morgan fingerprint density at radius 2 is 2.05 bits per heavy atom. The molecule has 0 heterocycles. The van der Waals surface area contributed by atoms with Crippen LogP contribution >= 0.6 is 22.6 Å². The Hall–Kier alpha value is -1.56. The number of rotatable bonds is 3. The summed E-state index contributed by atoms with van der Waals surface area (Å²) in [7, 11) is 0. The standard InChI is InChI=1S/C15H15IN2O/c1-10-7-12(16)5-6-14(10)18-15(19)9-11-3-2-4-13(17)8-11/h2-8H,9,17H2,1H3,(H,18,19). The first-order valence-corrected chi connectivity index (χ1v) is 7.03. The molecule has 0 aromatic heterocycles. The second-order valence-electron chi connectivity index (χ2n) is 4.43. The number of carbonyl (C=O) groups is 1. The van der Waals surface area contributed by atoms with Crippen LogP contribution in [0.3, 0.4) is 0 Å². The zero-order valence-electron chi connectivity index (χ0n) is 10.6. The van der Waals surface area contributed by atoms with Gasteiger partial charge in [0.2, 0.25) is 5.91 Å². The van der Waals surface area contributed by atoms with E-state index in [1.165, 1.54) is 0 Å². The molecule has 1 amide bonds. The number of anilines is 2. The molecule has 2 aromatic carbocycles. The van der Waals surface area contributed by atoms with Gasteiger partial charge in [-0.2, -0.15) is 0 Å². The van der Waals surface area contributed by atoms with E-state index in [0.29, 0.717) is 12.1 Å². The number of hydrogen-bond donors (Lipinski definition) is 2. The van der Waals surface area contributed by atoms with Gasteiger partial charge in [-0.3, -0.25) is 4.79 Å². The summed E-state index contributed by atoms with van der Waals surface area (Å²) in [4.78, 5) is 12.0. The summed E-state index contributed by atoms with van der Waals surface area (Å²) in [6.07, 6.45) is 0.330. The average Bonchev–Trinajstić information content (AvgIpc) is 2.33. The third kappa shape index (κ3) is 3.96. The fourth-order valence-electron chi connectivity index (χ4n) is 1.85. The highest BCUT2D eigenvalue weighted by Gasteiger charge is 2.06. The molecule has 0 atom stereocenters. The van der Waals surface area contributed by atoms with Gasteiger partial charge >= 0.3 is 0 Å². The van der Waals surface area contributed by atoms with Crippen LogP contribution in [0.15, 0.2) is 42.5 Å². The number of carbonyl (C=O) groups excluding carboxylic acids is 1. The van der Waals surface area contributed by atoms with Crippen molar-refractivity contribution in [3.8, 4) is 0 Å². The number of nitrogens with two attached hydrogens (primary N) is 1. The molecule has 0 saturated heterocycles. The Balaban J connectivity index is 2.05. The van der Waals surface area contributed by atoms with E-state index in [9.17, 15) is 4.79 Å². The smallest absolute Gasteiger partial charge is 0.228 e. The first-order chi connectivity index (χ1) is 9.04. The van der Waals surface area contributed by atoms with E-state index in [0.717, 1.165) is 20.4 Å². The second-order valence-corrected chi connectivity index (χ2v) is 5.67. The zero-order chi connectivity index (χ0) is 13.8. The minimum atomic E-state index is -0.0325. The minimum absolute atomic E-state index is 0.0325. The number of hydrogen-bond acceptors (Lipinski definition) is 2. The molecule has 2 rings (SSSR count). The molecule has 0 fully saturated rings. The fraction of sp³-hybridized carbons (Fsp3) is 0.133. The van der Waals surface area contributed by atoms with Gasteiger partial charge in [0.1, 0.15) is 0 Å². The van der Waals surface area contributed by atoms with Crippen LogP contribution in [0.1, 0.15) is 11.1 Å². The molecule has 19 heavy (non-hydrogen) atoms. The summed E-state index contributed by atoms with van der Waals surface area (Å²) in [6.45, 7) is 1.98. The molecule has 0 aliphatic carbocycles. The van der Waals surface area contributed by atoms with E-state index >= 15 is 0 Å². The molecule has 3 N–H and O–H groups in total. The highest BCUT2D eigenvalue weighted by Crippen LogP contribution is 2.18. The maximum absolute atomic E-state index is 12.0. The van der Waals surface area contributed by atoms with Crippen LogP contribution < -0.4 is 11.1 Å². The quantitative estimate of drug-likeness (QED) is 0.647. The van der Waals surface area contributed by atoms with Crippen LogP contribution in [0.25, 0.3) is 0 Å². The van der Waals surface area contributed by atoms with E-state index in [1.807, 2.05) is 49.4 Å². The summed E-state index contributed by atoms with van der Waals surface area (Å²) < 4.78 is 1.16. The molecule has 0 aliphatic rings. The molecule has 0 radical (unpaired) electrons. The summed E-state index contributed by atoms with van der Waals surface area (Å²) in [5.41, 5.74) is 9.21. The number of amides is 1. The second kappa shape index (κ2) is 6.06. The maximum atomic E-state index is 12.0. The van der Waals surface area contributed by atoms with Gasteiger partial charge in [-0.25, -0.2) is 0 Å². The first-order valence-electron chi connectivity index (χ1n) is 5.95. The maximum Gasteiger partial charge on any atom is 0.228 e. The van der Waals surface area contributed by atoms with Crippen molar-refractivity contribution in [2.24, 2.45) is 0 Å². The molecule has 2 aromatic rings. The number of benzene rings is 2. The van der Waals surface area contributed by atoms with Crippen molar-refractivity contribution in [3.05, 3.63) is 57.2 Å². The van der Waals surface area contributed by atoms with Gasteiger partial charge in [0.05, 0.1) is 6.42 Å². The average molecular weight is 366 g/mol. The number of nitrogens with one attached hydrogen (secondary N) is 1. The van der Waals surface area contributed by atoms with Gasteiger partial charge in [-0.05, 0) is 71.0 Å². The summed E-state index contributed by atoms with van der Waals surface area (Å²) >= 11 is 2.25. The topological polar surface area (TPSA) is 55.1 Å². The molecule has 0 spiro atoms. The Bertz CT molecular complexity index is 611. The molecule has 4 heteroatoms. The van der Waals surface area contributed by atoms with E-state index in [-0.39, 0.29) is 5.91 Å². The fourth-order valence-corrected chi connectivity index (χ4v) is 2.50. The molecular formula is C15H15IN2O. The van der Waals surface area contributed by atoms with Crippen LogP contribution in [-0.2, 0) is 11.2 Å². The molecular weight excluding hydrogens is 351 g/mol. The Morgan fingerprint density at radius 3 is 2.74 bits per heavy atom. The number of halogens is 1. The lowest BCUT2D eigenvalue weighted by Gasteiger charge is -2.09. The van der Waals surface area contributed by atoms with Crippen molar-refractivity contribution >= 4 is 39.9 Å². The summed E-state index contributed by atoms with van der Waals surface area (Å²) in [5, 5.41) is 2.92. The molecule has 0 bridgehead atoms. The lowest BCUT2D eigenvalue weighted by atomic mass is 10.1. The highest BCUT2D eigenvalue weighted by molar-refractivity contribution is 14.1. The normalized spacial score (nSPS) is 10.2. The minimum Gasteiger partial charge on any atom is -0.399 e. The van der Waals surface area contributed by atoms with E-state index in [1.54, 1.807) is 0 Å². The largest absolute Gasteiger partial charge is 0.399 e. The van der Waals surface area contributed by atoms with Crippen LogP contribution in [0.2, 0.25) is 0 Å². The van der Waals surface area contributed by atoms with Gasteiger partial charge in [0, 0.05) is 14.9 Å². The van der Waals surface area contributed by atoms with Gasteiger partial charge < -0.3 is 11.1 Å². The first kappa shape index (κ1) is 13.9. The predicted octanol–water partition coefficient (Wildman–Crippen LogP) is 3.36. The number of nitrogen functional groups attached to an aromatic ring is 1. The molecule has 0 aliphatic heterocycles.